The number of nitrogens with zero attached hydrogens (tertiary/aromatic N) is 8. The summed E-state index contributed by atoms with van der Waals surface area (Å²) in [5, 5.41) is 7.81. The van der Waals surface area contributed by atoms with E-state index in [2.05, 4.69) is 356 Å². The van der Waals surface area contributed by atoms with Crippen LogP contribution in [-0.4, -0.2) is 23.7 Å². The SMILES string of the molecule is c1ccc(N(c2ccc3nc(N(c4ccccc4)c4ccc5c6ccccc6n(-c6ccccc6)c5c4)nc(-n4c5ccccc5c5ccc(N(c6ccccc6)c6ccccc6)cc54)c3c2)c2ccc3c(c2)c2ccccc2n3-c2ccccc2)cc1. The van der Waals surface area contributed by atoms with Crippen molar-refractivity contribution in [3.8, 4) is 17.2 Å². The van der Waals surface area contributed by atoms with E-state index in [0.717, 1.165) is 128 Å². The van der Waals surface area contributed by atoms with Crippen LogP contribution in [0.1, 0.15) is 0 Å². The number of para-hydroxylation sites is 9. The summed E-state index contributed by atoms with van der Waals surface area (Å²) in [4.78, 5) is 18.6. The zero-order chi connectivity index (χ0) is 58.1. The molecule has 0 spiro atoms. The third-order valence-electron chi connectivity index (χ3n) is 17.1. The summed E-state index contributed by atoms with van der Waals surface area (Å²) in [6, 6.07) is 117. The highest BCUT2D eigenvalue weighted by Gasteiger charge is 2.26. The van der Waals surface area contributed by atoms with Gasteiger partial charge in [-0.15, -0.1) is 0 Å². The molecule has 88 heavy (non-hydrogen) atoms. The van der Waals surface area contributed by atoms with Gasteiger partial charge in [-0.05, 0) is 152 Å². The van der Waals surface area contributed by atoms with Gasteiger partial charge < -0.3 is 18.9 Å². The van der Waals surface area contributed by atoms with Crippen molar-refractivity contribution in [2.24, 2.45) is 0 Å². The predicted octanol–water partition coefficient (Wildman–Crippen LogP) is 21.3. The van der Waals surface area contributed by atoms with Crippen LogP contribution in [0.2, 0.25) is 0 Å². The van der Waals surface area contributed by atoms with Crippen LogP contribution >= 0.6 is 0 Å². The molecule has 0 bridgehead atoms. The summed E-state index contributed by atoms with van der Waals surface area (Å²) in [6.45, 7) is 0. The monoisotopic (exact) mass is 1130 g/mol. The molecule has 0 saturated heterocycles. The highest BCUT2D eigenvalue weighted by Crippen LogP contribution is 2.46. The Hall–Kier alpha value is -12.0. The number of hydrogen-bond acceptors (Lipinski definition) is 5. The number of fused-ring (bicyclic) bond motifs is 10. The molecule has 0 aliphatic heterocycles. The first-order valence-corrected chi connectivity index (χ1v) is 29.8. The number of hydrogen-bond donors (Lipinski definition) is 0. The van der Waals surface area contributed by atoms with Crippen molar-refractivity contribution in [3.05, 3.63) is 328 Å². The topological polar surface area (TPSA) is 50.3 Å². The zero-order valence-electron chi connectivity index (χ0n) is 47.8. The molecular weight excluding hydrogens is 1070 g/mol. The summed E-state index contributed by atoms with van der Waals surface area (Å²) in [5.74, 6) is 1.27. The zero-order valence-corrected chi connectivity index (χ0v) is 47.8. The Bertz CT molecular complexity index is 5410. The van der Waals surface area contributed by atoms with Crippen molar-refractivity contribution in [3.63, 3.8) is 0 Å². The summed E-state index contributed by atoms with van der Waals surface area (Å²) < 4.78 is 7.11. The average molecular weight is 1130 g/mol. The average Bonchev–Trinajstić information content (AvgIpc) is 1.96. The Kier molecular flexibility index (Phi) is 12.0. The van der Waals surface area contributed by atoms with Gasteiger partial charge in [0.25, 0.3) is 0 Å². The molecular formula is C80H54N8. The first kappa shape index (κ1) is 50.5. The highest BCUT2D eigenvalue weighted by molar-refractivity contribution is 6.14. The van der Waals surface area contributed by atoms with Crippen LogP contribution in [0.25, 0.3) is 93.5 Å². The second-order valence-electron chi connectivity index (χ2n) is 22.2. The van der Waals surface area contributed by atoms with Gasteiger partial charge in [-0.1, -0.05) is 176 Å². The van der Waals surface area contributed by atoms with Crippen molar-refractivity contribution in [2.45, 2.75) is 0 Å². The van der Waals surface area contributed by atoms with E-state index in [9.17, 15) is 0 Å². The quantitative estimate of drug-likeness (QED) is 0.122. The van der Waals surface area contributed by atoms with Crippen molar-refractivity contribution in [1.29, 1.82) is 0 Å². The third-order valence-corrected chi connectivity index (χ3v) is 17.1. The maximum absolute atomic E-state index is 5.98. The largest absolute Gasteiger partial charge is 0.310 e. The smallest absolute Gasteiger partial charge is 0.237 e. The first-order valence-electron chi connectivity index (χ1n) is 29.8. The Labute approximate surface area is 508 Å². The maximum atomic E-state index is 5.98. The molecule has 0 fully saturated rings. The van der Waals surface area contributed by atoms with E-state index in [4.69, 9.17) is 9.97 Å². The van der Waals surface area contributed by atoms with Crippen molar-refractivity contribution >= 4 is 128 Å². The lowest BCUT2D eigenvalue weighted by molar-refractivity contribution is 1.04. The van der Waals surface area contributed by atoms with Crippen LogP contribution in [0.15, 0.2) is 328 Å². The minimum absolute atomic E-state index is 0.528. The van der Waals surface area contributed by atoms with Crippen LogP contribution in [0.4, 0.5) is 51.4 Å². The summed E-state index contributed by atoms with van der Waals surface area (Å²) >= 11 is 0. The van der Waals surface area contributed by atoms with Crippen molar-refractivity contribution in [1.82, 2.24) is 23.7 Å². The lowest BCUT2D eigenvalue weighted by atomic mass is 10.1. The highest BCUT2D eigenvalue weighted by atomic mass is 15.3. The van der Waals surface area contributed by atoms with Crippen LogP contribution in [0.3, 0.4) is 0 Å². The molecule has 0 amide bonds. The molecule has 17 aromatic rings. The molecule has 8 nitrogen and oxygen atoms in total. The van der Waals surface area contributed by atoms with E-state index in [1.54, 1.807) is 0 Å². The minimum atomic E-state index is 0.528. The van der Waals surface area contributed by atoms with Crippen molar-refractivity contribution in [2.75, 3.05) is 14.7 Å². The molecule has 0 unspecified atom stereocenters. The lowest BCUT2D eigenvalue weighted by Gasteiger charge is -2.27. The lowest BCUT2D eigenvalue weighted by Crippen LogP contribution is -2.16. The number of aromatic nitrogens is 5. The van der Waals surface area contributed by atoms with Gasteiger partial charge in [-0.25, -0.2) is 4.98 Å². The molecule has 13 aromatic carbocycles. The number of benzene rings is 13. The minimum Gasteiger partial charge on any atom is -0.310 e. The fraction of sp³-hybridized carbons (Fsp3) is 0. The van der Waals surface area contributed by atoms with E-state index in [-0.39, 0.29) is 0 Å². The van der Waals surface area contributed by atoms with Gasteiger partial charge in [0.15, 0.2) is 5.82 Å². The molecule has 8 heteroatoms. The molecule has 0 radical (unpaired) electrons. The predicted molar refractivity (Wildman–Crippen MR) is 367 cm³/mol. The Morgan fingerprint density at radius 1 is 0.205 bits per heavy atom. The van der Waals surface area contributed by atoms with Crippen LogP contribution in [0.5, 0.6) is 0 Å². The molecule has 0 aliphatic rings. The second kappa shape index (κ2) is 21.0. The summed E-state index contributed by atoms with van der Waals surface area (Å²) in [7, 11) is 0. The Morgan fingerprint density at radius 2 is 0.534 bits per heavy atom. The molecule has 0 saturated carbocycles. The maximum Gasteiger partial charge on any atom is 0.237 e. The van der Waals surface area contributed by atoms with Gasteiger partial charge in [-0.2, -0.15) is 4.98 Å². The molecule has 4 aromatic heterocycles. The van der Waals surface area contributed by atoms with E-state index >= 15 is 0 Å². The molecule has 4 heterocycles. The first-order chi connectivity index (χ1) is 43.7. The van der Waals surface area contributed by atoms with Crippen molar-refractivity contribution < 1.29 is 0 Å². The van der Waals surface area contributed by atoms with Gasteiger partial charge in [0, 0.05) is 88.9 Å². The second-order valence-corrected chi connectivity index (χ2v) is 22.2. The fourth-order valence-electron chi connectivity index (χ4n) is 13.3. The molecule has 0 aliphatic carbocycles. The molecule has 0 N–H and O–H groups in total. The van der Waals surface area contributed by atoms with Gasteiger partial charge in [0.05, 0.1) is 44.3 Å². The van der Waals surface area contributed by atoms with E-state index in [0.29, 0.717) is 5.95 Å². The number of rotatable bonds is 12. The van der Waals surface area contributed by atoms with Crippen LogP contribution < -0.4 is 14.7 Å². The van der Waals surface area contributed by atoms with Gasteiger partial charge >= 0.3 is 0 Å². The summed E-state index contributed by atoms with van der Waals surface area (Å²) in [5.41, 5.74) is 17.5. The third kappa shape index (κ3) is 8.37. The van der Waals surface area contributed by atoms with E-state index < -0.39 is 0 Å². The normalized spacial score (nSPS) is 11.6. The van der Waals surface area contributed by atoms with Gasteiger partial charge in [0.1, 0.15) is 0 Å². The van der Waals surface area contributed by atoms with Gasteiger partial charge in [0.2, 0.25) is 5.95 Å². The molecule has 0 atom stereocenters. The molecule has 17 rings (SSSR count). The van der Waals surface area contributed by atoms with Gasteiger partial charge in [-0.3, -0.25) is 9.47 Å². The standard InChI is InChI=1S/C80H54N8/c1-7-25-55(26-8-1)83(56-27-9-2-10-28-56)63-43-47-69-66-38-20-24-42-75(66)88(78(69)53-63)79-71-52-61(84(57-29-11-3-12-30-57)62-46-50-76-70(51-62)67-39-21-23-41-74(67)86(76)59-33-15-5-16-34-59)45-49-72(71)81-80(82-79)85(58-31-13-4-14-32-58)64-44-48-68-65-37-19-22-40-73(65)87(77(68)54-64)60-35-17-6-18-36-60/h1-54H. The summed E-state index contributed by atoms with van der Waals surface area (Å²) in [6.07, 6.45) is 0. The fourth-order valence-corrected chi connectivity index (χ4v) is 13.3. The van der Waals surface area contributed by atoms with Crippen LogP contribution in [0, 0.1) is 0 Å². The van der Waals surface area contributed by atoms with Crippen LogP contribution in [-0.2, 0) is 0 Å². The van der Waals surface area contributed by atoms with E-state index in [1.807, 2.05) is 0 Å². The Balaban J connectivity index is 0.938. The van der Waals surface area contributed by atoms with E-state index in [1.165, 1.54) is 10.8 Å². The number of anilines is 9. The Morgan fingerprint density at radius 3 is 1.05 bits per heavy atom. The molecule has 414 valence electrons.